The highest BCUT2D eigenvalue weighted by molar-refractivity contribution is 6.21. The van der Waals surface area contributed by atoms with Crippen molar-refractivity contribution in [1.29, 1.82) is 0 Å². The fraction of sp³-hybridized carbons (Fsp3) is 0. The molecule has 48 heavy (non-hydrogen) atoms. The van der Waals surface area contributed by atoms with E-state index in [0.29, 0.717) is 33.6 Å². The van der Waals surface area contributed by atoms with Gasteiger partial charge in [-0.1, -0.05) is 55.6 Å². The first kappa shape index (κ1) is 33.7. The number of rotatable bonds is 9. The summed E-state index contributed by atoms with van der Waals surface area (Å²) < 4.78 is 20.9. The predicted molar refractivity (Wildman–Crippen MR) is 176 cm³/mol. The third kappa shape index (κ3) is 9.38. The Kier molecular flexibility index (Phi) is 11.4. The molecule has 9 heteroatoms. The maximum absolute atomic E-state index is 12.2. The second-order valence-electron chi connectivity index (χ2n) is 9.39. The Morgan fingerprint density at radius 1 is 0.500 bits per heavy atom. The number of carbonyl (C=O) groups is 5. The molecule has 0 aliphatic carbocycles. The first-order chi connectivity index (χ1) is 23.2. The third-order valence-corrected chi connectivity index (χ3v) is 6.13. The summed E-state index contributed by atoms with van der Waals surface area (Å²) in [5, 5.41) is 0. The van der Waals surface area contributed by atoms with Gasteiger partial charge >= 0.3 is 23.9 Å². The van der Waals surface area contributed by atoms with E-state index in [1.54, 1.807) is 60.7 Å². The summed E-state index contributed by atoms with van der Waals surface area (Å²) in [7, 11) is 0. The minimum Gasteiger partial charge on any atom is -0.423 e. The van der Waals surface area contributed by atoms with Crippen molar-refractivity contribution in [3.8, 4) is 57.8 Å². The molecule has 9 nitrogen and oxygen atoms in total. The zero-order chi connectivity index (χ0) is 34.5. The van der Waals surface area contributed by atoms with Crippen molar-refractivity contribution in [1.82, 2.24) is 0 Å². The fourth-order valence-corrected chi connectivity index (χ4v) is 3.88. The second kappa shape index (κ2) is 16.2. The average Bonchev–Trinajstić information content (AvgIpc) is 3.11. The summed E-state index contributed by atoms with van der Waals surface area (Å²) in [4.78, 5) is 58.2. The normalized spacial score (nSPS) is 9.58. The highest BCUT2D eigenvalue weighted by atomic mass is 16.5. The van der Waals surface area contributed by atoms with E-state index < -0.39 is 23.9 Å². The molecule has 0 fully saturated rings. The molecule has 0 bridgehead atoms. The van der Waals surface area contributed by atoms with Gasteiger partial charge < -0.3 is 18.9 Å². The third-order valence-electron chi connectivity index (χ3n) is 6.13. The van der Waals surface area contributed by atoms with Crippen molar-refractivity contribution in [3.63, 3.8) is 0 Å². The number of ether oxygens (including phenoxy) is 4. The van der Waals surface area contributed by atoms with E-state index >= 15 is 0 Å². The molecule has 0 saturated heterocycles. The van der Waals surface area contributed by atoms with E-state index in [-0.39, 0.29) is 29.1 Å². The van der Waals surface area contributed by atoms with Crippen LogP contribution in [0.1, 0.15) is 22.3 Å². The smallest absolute Gasteiger partial charge is 0.376 e. The van der Waals surface area contributed by atoms with Crippen LogP contribution in [-0.4, -0.2) is 30.2 Å². The number of carbonyl (C=O) groups excluding carboxylic acids is 5. The first-order valence-electron chi connectivity index (χ1n) is 13.9. The van der Waals surface area contributed by atoms with Crippen LogP contribution in [0.5, 0.6) is 23.0 Å². The molecule has 4 aromatic rings. The summed E-state index contributed by atoms with van der Waals surface area (Å²) in [5.41, 5.74) is 2.88. The summed E-state index contributed by atoms with van der Waals surface area (Å²) in [6.07, 6.45) is 3.11. The zero-order valence-electron chi connectivity index (χ0n) is 25.2. The Morgan fingerprint density at radius 2 is 0.917 bits per heavy atom. The van der Waals surface area contributed by atoms with Crippen LogP contribution in [0.3, 0.4) is 0 Å². The lowest BCUT2D eigenvalue weighted by molar-refractivity contribution is -0.141. The maximum Gasteiger partial charge on any atom is 0.376 e. The van der Waals surface area contributed by atoms with Crippen molar-refractivity contribution >= 4 is 30.2 Å². The van der Waals surface area contributed by atoms with Crippen molar-refractivity contribution in [2.24, 2.45) is 0 Å². The average molecular weight is 637 g/mol. The largest absolute Gasteiger partial charge is 0.423 e. The Hall–Kier alpha value is -7.23. The Morgan fingerprint density at radius 3 is 1.38 bits per heavy atom. The minimum absolute atomic E-state index is 0.0161. The van der Waals surface area contributed by atoms with Crippen LogP contribution >= 0.6 is 0 Å². The van der Waals surface area contributed by atoms with Gasteiger partial charge in [-0.15, -0.1) is 0 Å². The Bertz CT molecular complexity index is 2050. The van der Waals surface area contributed by atoms with Gasteiger partial charge in [-0.05, 0) is 72.3 Å². The fourth-order valence-electron chi connectivity index (χ4n) is 3.88. The molecule has 0 spiro atoms. The van der Waals surface area contributed by atoms with E-state index in [9.17, 15) is 24.0 Å². The highest BCUT2D eigenvalue weighted by Crippen LogP contribution is 2.37. The molecule has 0 radical (unpaired) electrons. The van der Waals surface area contributed by atoms with Crippen molar-refractivity contribution in [2.75, 3.05) is 0 Å². The first-order valence-corrected chi connectivity index (χ1v) is 13.9. The van der Waals surface area contributed by atoms with Crippen LogP contribution in [0.2, 0.25) is 0 Å². The van der Waals surface area contributed by atoms with Gasteiger partial charge in [0.15, 0.2) is 0 Å². The number of hydrogen-bond donors (Lipinski definition) is 0. The topological polar surface area (TPSA) is 122 Å². The van der Waals surface area contributed by atoms with Crippen LogP contribution in [0.4, 0.5) is 0 Å². The summed E-state index contributed by atoms with van der Waals surface area (Å²) in [6, 6.07) is 22.6. The summed E-state index contributed by atoms with van der Waals surface area (Å²) in [5.74, 6) is 9.44. The van der Waals surface area contributed by atoms with Crippen molar-refractivity contribution in [3.05, 3.63) is 145 Å². The van der Waals surface area contributed by atoms with Gasteiger partial charge in [0.2, 0.25) is 6.29 Å². The van der Waals surface area contributed by atoms with Gasteiger partial charge in [0.05, 0.1) is 5.56 Å². The van der Waals surface area contributed by atoms with E-state index in [1.165, 1.54) is 24.3 Å². The number of esters is 4. The Balaban J connectivity index is 1.68. The molecule has 0 aromatic heterocycles. The molecular weight excluding hydrogens is 612 g/mol. The predicted octanol–water partition coefficient (Wildman–Crippen LogP) is 5.53. The molecule has 0 atom stereocenters. The van der Waals surface area contributed by atoms with Crippen LogP contribution in [-0.2, 0) is 24.0 Å². The monoisotopic (exact) mass is 636 g/mol. The lowest BCUT2D eigenvalue weighted by Gasteiger charge is -2.13. The van der Waals surface area contributed by atoms with Crippen LogP contribution in [0.25, 0.3) is 11.1 Å². The minimum atomic E-state index is -1.15. The SMILES string of the molecule is C=CC(=O)Oc1ccc(C#Cc2ccc(-c3cc(OC(=O)C=C)c(C#Cc4ccc(OC(=O)C=C)cc4)cc3OC(=O)C=O)cc2)cc1. The highest BCUT2D eigenvalue weighted by Gasteiger charge is 2.17. The van der Waals surface area contributed by atoms with Gasteiger partial charge in [-0.3, -0.25) is 4.79 Å². The van der Waals surface area contributed by atoms with Gasteiger partial charge in [-0.2, -0.15) is 0 Å². The van der Waals surface area contributed by atoms with Gasteiger partial charge in [0.1, 0.15) is 23.0 Å². The standard InChI is InChI=1S/C39H24O9/c1-4-36(41)45-31-19-12-27(13-20-31)8-7-26-9-16-29(17-10-26)33-24-34(47-38(43)6-3)30(23-35(33)48-39(44)25-40)18-11-28-14-21-32(22-15-28)46-37(42)5-2/h4-6,9-10,12-17,19-25H,1-3H2. The lowest BCUT2D eigenvalue weighted by Crippen LogP contribution is -2.10. The molecule has 0 aliphatic rings. The van der Waals surface area contributed by atoms with E-state index in [4.69, 9.17) is 18.9 Å². The van der Waals surface area contributed by atoms with Crippen molar-refractivity contribution < 1.29 is 42.9 Å². The summed E-state index contributed by atoms with van der Waals surface area (Å²) >= 11 is 0. The summed E-state index contributed by atoms with van der Waals surface area (Å²) in [6.45, 7) is 10.1. The molecule has 0 N–H and O–H groups in total. The van der Waals surface area contributed by atoms with E-state index in [2.05, 4.69) is 43.4 Å². The molecule has 4 rings (SSSR count). The zero-order valence-corrected chi connectivity index (χ0v) is 25.2. The number of hydrogen-bond acceptors (Lipinski definition) is 9. The molecule has 234 valence electrons. The molecule has 0 saturated carbocycles. The molecule has 0 heterocycles. The quantitative estimate of drug-likeness (QED) is 0.0583. The van der Waals surface area contributed by atoms with Crippen molar-refractivity contribution in [2.45, 2.75) is 0 Å². The van der Waals surface area contributed by atoms with Crippen LogP contribution in [0.15, 0.2) is 123 Å². The molecule has 0 unspecified atom stereocenters. The second-order valence-corrected chi connectivity index (χ2v) is 9.39. The number of aldehydes is 1. The lowest BCUT2D eigenvalue weighted by atomic mass is 10.00. The van der Waals surface area contributed by atoms with Gasteiger partial charge in [0.25, 0.3) is 0 Å². The Labute approximate surface area is 275 Å². The van der Waals surface area contributed by atoms with Crippen LogP contribution in [0, 0.1) is 23.7 Å². The van der Waals surface area contributed by atoms with E-state index in [0.717, 1.165) is 18.2 Å². The molecule has 0 amide bonds. The maximum atomic E-state index is 12.2. The molecule has 0 aliphatic heterocycles. The van der Waals surface area contributed by atoms with E-state index in [1.807, 2.05) is 0 Å². The van der Waals surface area contributed by atoms with Gasteiger partial charge in [0, 0.05) is 46.5 Å². The molecule has 4 aromatic carbocycles. The number of benzene rings is 4. The van der Waals surface area contributed by atoms with Gasteiger partial charge in [-0.25, -0.2) is 19.2 Å². The van der Waals surface area contributed by atoms with Crippen LogP contribution < -0.4 is 18.9 Å². The molecular formula is C39H24O9.